The third-order valence-corrected chi connectivity index (χ3v) is 6.91. The first-order valence-corrected chi connectivity index (χ1v) is 10.4. The number of benzene rings is 1. The number of fused-ring (bicyclic) bond motifs is 6. The summed E-state index contributed by atoms with van der Waals surface area (Å²) < 4.78 is 0. The van der Waals surface area contributed by atoms with E-state index in [0.717, 1.165) is 24.8 Å². The van der Waals surface area contributed by atoms with Crippen molar-refractivity contribution in [1.29, 1.82) is 0 Å². The lowest BCUT2D eigenvalue weighted by Crippen LogP contribution is -2.11. The summed E-state index contributed by atoms with van der Waals surface area (Å²) in [6.45, 7) is 0. The van der Waals surface area contributed by atoms with Crippen LogP contribution in [0, 0.1) is 0 Å². The normalized spacial score (nSPS) is 21.6. The van der Waals surface area contributed by atoms with E-state index < -0.39 is 0 Å². The second kappa shape index (κ2) is 5.73. The number of aromatic amines is 1. The molecule has 0 saturated heterocycles. The standard InChI is InChI=1S/C22H20N4S/c23-22-26-17-6-5-12(11-19(17)27-22)21-14-4-2-1-3-13(14)20-15-9-10-24-16(15)7-8-18(20)25-21/h5,7-11,17,24H,1-4,6H2,(H2,23,26). The monoisotopic (exact) mass is 372 g/mol. The van der Waals surface area contributed by atoms with E-state index in [4.69, 9.17) is 10.7 Å². The summed E-state index contributed by atoms with van der Waals surface area (Å²) in [4.78, 5) is 14.3. The summed E-state index contributed by atoms with van der Waals surface area (Å²) in [5.74, 6) is 0. The number of thioether (sulfide) groups is 1. The summed E-state index contributed by atoms with van der Waals surface area (Å²) >= 11 is 1.61. The Balaban J connectivity index is 1.59. The molecule has 0 fully saturated rings. The van der Waals surface area contributed by atoms with Gasteiger partial charge in [0.15, 0.2) is 5.17 Å². The quantitative estimate of drug-likeness (QED) is 0.651. The van der Waals surface area contributed by atoms with Crippen LogP contribution in [0.3, 0.4) is 0 Å². The van der Waals surface area contributed by atoms with Crippen molar-refractivity contribution < 1.29 is 0 Å². The van der Waals surface area contributed by atoms with Crippen LogP contribution in [-0.2, 0) is 12.8 Å². The van der Waals surface area contributed by atoms with E-state index in [0.29, 0.717) is 5.17 Å². The molecule has 2 aliphatic carbocycles. The van der Waals surface area contributed by atoms with E-state index in [2.05, 4.69) is 40.3 Å². The van der Waals surface area contributed by atoms with E-state index in [-0.39, 0.29) is 6.04 Å². The number of H-pyrrole nitrogens is 1. The average molecular weight is 372 g/mol. The van der Waals surface area contributed by atoms with Crippen LogP contribution in [0.15, 0.2) is 46.4 Å². The number of nitrogens with zero attached hydrogens (tertiary/aromatic N) is 2. The third-order valence-electron chi connectivity index (χ3n) is 5.97. The van der Waals surface area contributed by atoms with Crippen molar-refractivity contribution in [3.05, 3.63) is 58.3 Å². The number of pyridine rings is 1. The Morgan fingerprint density at radius 1 is 1.11 bits per heavy atom. The Morgan fingerprint density at radius 3 is 2.93 bits per heavy atom. The van der Waals surface area contributed by atoms with E-state index in [9.17, 15) is 0 Å². The van der Waals surface area contributed by atoms with Crippen LogP contribution in [0.1, 0.15) is 36.1 Å². The number of rotatable bonds is 1. The Kier molecular flexibility index (Phi) is 3.29. The zero-order valence-corrected chi connectivity index (χ0v) is 15.8. The number of hydrogen-bond acceptors (Lipinski definition) is 4. The lowest BCUT2D eigenvalue weighted by atomic mass is 9.84. The minimum atomic E-state index is 0.217. The number of nitrogens with two attached hydrogens (primary N) is 1. The second-order valence-corrected chi connectivity index (χ2v) is 8.64. The SMILES string of the molecule is NC1=NC2CC=C(c3nc4ccc5[nH]ccc5c4c4c3CCCC4)C=C2S1. The number of nitrogens with one attached hydrogen (secondary N) is 1. The lowest BCUT2D eigenvalue weighted by molar-refractivity contribution is 0.686. The Labute approximate surface area is 161 Å². The predicted molar refractivity (Wildman–Crippen MR) is 114 cm³/mol. The van der Waals surface area contributed by atoms with Gasteiger partial charge in [0.2, 0.25) is 0 Å². The molecule has 0 radical (unpaired) electrons. The van der Waals surface area contributed by atoms with Gasteiger partial charge in [-0.05, 0) is 73.1 Å². The second-order valence-electron chi connectivity index (χ2n) is 7.55. The number of hydrogen-bond donors (Lipinski definition) is 2. The molecule has 4 nitrogen and oxygen atoms in total. The van der Waals surface area contributed by atoms with Crippen molar-refractivity contribution in [2.75, 3.05) is 0 Å². The summed E-state index contributed by atoms with van der Waals surface area (Å²) in [6.07, 6.45) is 12.3. The largest absolute Gasteiger partial charge is 0.378 e. The zero-order chi connectivity index (χ0) is 18.0. The minimum Gasteiger partial charge on any atom is -0.378 e. The summed E-state index contributed by atoms with van der Waals surface area (Å²) in [5, 5.41) is 3.33. The Hall–Kier alpha value is -2.53. The van der Waals surface area contributed by atoms with Crippen molar-refractivity contribution >= 4 is 44.3 Å². The maximum Gasteiger partial charge on any atom is 0.159 e. The number of aromatic nitrogens is 2. The minimum absolute atomic E-state index is 0.217. The molecule has 0 bridgehead atoms. The van der Waals surface area contributed by atoms with Crippen LogP contribution in [0.25, 0.3) is 27.4 Å². The molecular weight excluding hydrogens is 352 g/mol. The maximum atomic E-state index is 5.94. The molecule has 3 aliphatic rings. The molecule has 1 aliphatic heterocycles. The highest BCUT2D eigenvalue weighted by Gasteiger charge is 2.27. The molecule has 0 saturated carbocycles. The van der Waals surface area contributed by atoms with Gasteiger partial charge < -0.3 is 10.7 Å². The van der Waals surface area contributed by atoms with Crippen molar-refractivity contribution in [1.82, 2.24) is 9.97 Å². The molecule has 3 N–H and O–H groups in total. The molecule has 0 spiro atoms. The predicted octanol–water partition coefficient (Wildman–Crippen LogP) is 4.70. The fourth-order valence-electron chi connectivity index (χ4n) is 4.74. The number of aliphatic imine (C=N–C) groups is 1. The molecule has 5 heteroatoms. The van der Waals surface area contributed by atoms with Gasteiger partial charge in [0.05, 0.1) is 17.3 Å². The molecule has 1 unspecified atom stereocenters. The van der Waals surface area contributed by atoms with Crippen molar-refractivity contribution in [3.8, 4) is 0 Å². The smallest absolute Gasteiger partial charge is 0.159 e. The molecular formula is C22H20N4S. The molecule has 0 amide bonds. The molecule has 1 atom stereocenters. The first kappa shape index (κ1) is 15.5. The van der Waals surface area contributed by atoms with Gasteiger partial charge in [-0.3, -0.25) is 4.99 Å². The zero-order valence-electron chi connectivity index (χ0n) is 15.0. The van der Waals surface area contributed by atoms with Crippen molar-refractivity contribution in [3.63, 3.8) is 0 Å². The number of allylic oxidation sites excluding steroid dienone is 2. The maximum absolute atomic E-state index is 5.94. The first-order chi connectivity index (χ1) is 13.3. The van der Waals surface area contributed by atoms with Gasteiger partial charge in [0.1, 0.15) is 0 Å². The fraction of sp³-hybridized carbons (Fsp3) is 0.273. The van der Waals surface area contributed by atoms with Gasteiger partial charge in [-0.15, -0.1) is 0 Å². The summed E-state index contributed by atoms with van der Waals surface area (Å²) in [6, 6.07) is 6.72. The highest BCUT2D eigenvalue weighted by Crippen LogP contribution is 2.41. The van der Waals surface area contributed by atoms with Gasteiger partial charge in [0, 0.05) is 27.4 Å². The van der Waals surface area contributed by atoms with Crippen LogP contribution in [0.4, 0.5) is 0 Å². The van der Waals surface area contributed by atoms with E-state index in [1.807, 2.05) is 6.20 Å². The lowest BCUT2D eigenvalue weighted by Gasteiger charge is -2.23. The van der Waals surface area contributed by atoms with Gasteiger partial charge >= 0.3 is 0 Å². The van der Waals surface area contributed by atoms with Crippen LogP contribution in [-0.4, -0.2) is 21.2 Å². The molecule has 2 aromatic heterocycles. The highest BCUT2D eigenvalue weighted by atomic mass is 32.2. The number of aryl methyl sites for hydroxylation is 1. The van der Waals surface area contributed by atoms with Crippen LogP contribution < -0.4 is 5.73 Å². The molecule has 134 valence electrons. The van der Waals surface area contributed by atoms with Crippen LogP contribution >= 0.6 is 11.8 Å². The van der Waals surface area contributed by atoms with E-state index >= 15 is 0 Å². The highest BCUT2D eigenvalue weighted by molar-refractivity contribution is 8.17. The molecule has 27 heavy (non-hydrogen) atoms. The van der Waals surface area contributed by atoms with Crippen molar-refractivity contribution in [2.45, 2.75) is 38.1 Å². The summed E-state index contributed by atoms with van der Waals surface area (Å²) in [7, 11) is 0. The van der Waals surface area contributed by atoms with Crippen LogP contribution in [0.5, 0.6) is 0 Å². The summed E-state index contributed by atoms with van der Waals surface area (Å²) in [5.41, 5.74) is 13.6. The number of amidine groups is 1. The van der Waals surface area contributed by atoms with Gasteiger partial charge in [-0.25, -0.2) is 4.98 Å². The van der Waals surface area contributed by atoms with E-state index in [1.165, 1.54) is 56.4 Å². The third kappa shape index (κ3) is 2.31. The first-order valence-electron chi connectivity index (χ1n) is 9.63. The topological polar surface area (TPSA) is 67.1 Å². The Bertz CT molecular complexity index is 1200. The molecule has 3 heterocycles. The molecule has 3 aromatic rings. The van der Waals surface area contributed by atoms with E-state index in [1.54, 1.807) is 11.8 Å². The van der Waals surface area contributed by atoms with Gasteiger partial charge in [-0.2, -0.15) is 0 Å². The Morgan fingerprint density at radius 2 is 2.00 bits per heavy atom. The fourth-order valence-corrected chi connectivity index (χ4v) is 5.64. The van der Waals surface area contributed by atoms with Gasteiger partial charge in [0.25, 0.3) is 0 Å². The molecule has 1 aromatic carbocycles. The van der Waals surface area contributed by atoms with Gasteiger partial charge in [-0.1, -0.05) is 17.8 Å². The average Bonchev–Trinajstić information content (AvgIpc) is 3.31. The molecule has 6 rings (SSSR count). The van der Waals surface area contributed by atoms with Crippen LogP contribution in [0.2, 0.25) is 0 Å². The van der Waals surface area contributed by atoms with Crippen molar-refractivity contribution in [2.24, 2.45) is 10.7 Å².